The number of aryl methyl sites for hydroxylation is 1. The molecule has 1 heterocycles. The van der Waals surface area contributed by atoms with E-state index in [1.807, 2.05) is 18.2 Å². The summed E-state index contributed by atoms with van der Waals surface area (Å²) in [5.41, 5.74) is 2.83. The van der Waals surface area contributed by atoms with E-state index >= 15 is 0 Å². The minimum atomic E-state index is 0.102. The summed E-state index contributed by atoms with van der Waals surface area (Å²) in [6, 6.07) is 5.82. The number of hydrogen-bond donors (Lipinski definition) is 0. The van der Waals surface area contributed by atoms with Gasteiger partial charge >= 0.3 is 0 Å². The van der Waals surface area contributed by atoms with Crippen molar-refractivity contribution in [3.63, 3.8) is 0 Å². The van der Waals surface area contributed by atoms with Gasteiger partial charge in [-0.15, -0.1) is 0 Å². The normalized spacial score (nSPS) is 16.6. The molecule has 1 aromatic heterocycles. The monoisotopic (exact) mass is 242 g/mol. The third-order valence-electron chi connectivity index (χ3n) is 4.04. The fourth-order valence-electron chi connectivity index (χ4n) is 2.99. The van der Waals surface area contributed by atoms with Crippen molar-refractivity contribution in [2.24, 2.45) is 7.05 Å². The number of rotatable bonds is 2. The molecule has 0 unspecified atom stereocenters. The number of nitrogens with zero attached hydrogens (tertiary/aromatic N) is 2. The minimum absolute atomic E-state index is 0.102. The molecular weight excluding hydrogens is 224 g/mol. The number of Topliss-reactive ketones (excluding diaryl/α,β-unsaturated/α-hetero) is 1. The van der Waals surface area contributed by atoms with E-state index in [4.69, 9.17) is 4.98 Å². The van der Waals surface area contributed by atoms with E-state index in [1.165, 1.54) is 31.5 Å². The van der Waals surface area contributed by atoms with Gasteiger partial charge in [-0.25, -0.2) is 4.98 Å². The number of aromatic nitrogens is 2. The lowest BCUT2D eigenvalue weighted by atomic mass is 10.1. The highest BCUT2D eigenvalue weighted by atomic mass is 16.1. The van der Waals surface area contributed by atoms with Gasteiger partial charge in [0.25, 0.3) is 0 Å². The molecule has 1 aliphatic rings. The molecule has 0 spiro atoms. The lowest BCUT2D eigenvalue weighted by molar-refractivity contribution is 0.101. The number of carbonyl (C=O) groups excluding carboxylic acids is 1. The summed E-state index contributed by atoms with van der Waals surface area (Å²) in [5.74, 6) is 1.89. The fourth-order valence-corrected chi connectivity index (χ4v) is 2.99. The Kier molecular flexibility index (Phi) is 2.69. The smallest absolute Gasteiger partial charge is 0.159 e. The van der Waals surface area contributed by atoms with Crippen LogP contribution in [0.1, 0.15) is 54.7 Å². The van der Waals surface area contributed by atoms with Crippen molar-refractivity contribution in [1.29, 1.82) is 0 Å². The van der Waals surface area contributed by atoms with Crippen LogP contribution < -0.4 is 0 Å². The Morgan fingerprint density at radius 1 is 1.33 bits per heavy atom. The second-order valence-electron chi connectivity index (χ2n) is 5.27. The maximum Gasteiger partial charge on any atom is 0.159 e. The van der Waals surface area contributed by atoms with E-state index in [0.29, 0.717) is 5.92 Å². The quantitative estimate of drug-likeness (QED) is 0.756. The predicted molar refractivity (Wildman–Crippen MR) is 71.9 cm³/mol. The van der Waals surface area contributed by atoms with Crippen molar-refractivity contribution in [3.05, 3.63) is 29.6 Å². The van der Waals surface area contributed by atoms with Gasteiger partial charge in [-0.1, -0.05) is 12.8 Å². The largest absolute Gasteiger partial charge is 0.331 e. The van der Waals surface area contributed by atoms with Crippen molar-refractivity contribution >= 4 is 16.8 Å². The molecule has 0 saturated heterocycles. The SMILES string of the molecule is CC(=O)c1ccc2c(c1)nc(C1CCCC1)n2C. The molecule has 1 saturated carbocycles. The van der Waals surface area contributed by atoms with Gasteiger partial charge in [0.15, 0.2) is 5.78 Å². The summed E-state index contributed by atoms with van der Waals surface area (Å²) >= 11 is 0. The van der Waals surface area contributed by atoms with Crippen LogP contribution in [0.25, 0.3) is 11.0 Å². The molecule has 1 fully saturated rings. The molecule has 0 N–H and O–H groups in total. The van der Waals surface area contributed by atoms with Gasteiger partial charge in [0.1, 0.15) is 5.82 Å². The zero-order chi connectivity index (χ0) is 12.7. The molecule has 2 aromatic rings. The third kappa shape index (κ3) is 1.74. The molecule has 0 atom stereocenters. The summed E-state index contributed by atoms with van der Waals surface area (Å²) in [6.07, 6.45) is 5.12. The Balaban J connectivity index is 2.11. The second kappa shape index (κ2) is 4.23. The Bertz CT molecular complexity index is 606. The first-order valence-corrected chi connectivity index (χ1v) is 6.64. The Morgan fingerprint density at radius 3 is 2.72 bits per heavy atom. The van der Waals surface area contributed by atoms with Crippen molar-refractivity contribution in [2.45, 2.75) is 38.5 Å². The van der Waals surface area contributed by atoms with Gasteiger partial charge < -0.3 is 4.57 Å². The van der Waals surface area contributed by atoms with Gasteiger partial charge in [0.2, 0.25) is 0 Å². The number of ketones is 1. The predicted octanol–water partition coefficient (Wildman–Crippen LogP) is 3.43. The van der Waals surface area contributed by atoms with Gasteiger partial charge in [-0.05, 0) is 38.0 Å². The summed E-state index contributed by atoms with van der Waals surface area (Å²) in [7, 11) is 2.08. The van der Waals surface area contributed by atoms with Crippen LogP contribution in [0.5, 0.6) is 0 Å². The van der Waals surface area contributed by atoms with Crippen molar-refractivity contribution in [2.75, 3.05) is 0 Å². The van der Waals surface area contributed by atoms with Crippen LogP contribution in [-0.2, 0) is 7.05 Å². The Morgan fingerprint density at radius 2 is 2.06 bits per heavy atom. The molecule has 18 heavy (non-hydrogen) atoms. The molecule has 3 nitrogen and oxygen atoms in total. The van der Waals surface area contributed by atoms with E-state index in [0.717, 1.165) is 16.6 Å². The van der Waals surface area contributed by atoms with Crippen LogP contribution in [-0.4, -0.2) is 15.3 Å². The number of benzene rings is 1. The van der Waals surface area contributed by atoms with Crippen molar-refractivity contribution < 1.29 is 4.79 Å². The highest BCUT2D eigenvalue weighted by Gasteiger charge is 2.22. The average molecular weight is 242 g/mol. The molecule has 3 heteroatoms. The topological polar surface area (TPSA) is 34.9 Å². The van der Waals surface area contributed by atoms with Crippen molar-refractivity contribution in [1.82, 2.24) is 9.55 Å². The highest BCUT2D eigenvalue weighted by Crippen LogP contribution is 2.34. The van der Waals surface area contributed by atoms with Crippen LogP contribution in [0.3, 0.4) is 0 Å². The van der Waals surface area contributed by atoms with Crippen LogP contribution in [0.2, 0.25) is 0 Å². The van der Waals surface area contributed by atoms with E-state index in [9.17, 15) is 4.79 Å². The van der Waals surface area contributed by atoms with Gasteiger partial charge in [0, 0.05) is 18.5 Å². The van der Waals surface area contributed by atoms with E-state index in [1.54, 1.807) is 6.92 Å². The third-order valence-corrected chi connectivity index (χ3v) is 4.04. The zero-order valence-electron chi connectivity index (χ0n) is 10.9. The summed E-state index contributed by atoms with van der Waals surface area (Å²) in [4.78, 5) is 16.2. The van der Waals surface area contributed by atoms with Crippen LogP contribution in [0, 0.1) is 0 Å². The van der Waals surface area contributed by atoms with Crippen molar-refractivity contribution in [3.8, 4) is 0 Å². The van der Waals surface area contributed by atoms with Gasteiger partial charge in [-0.2, -0.15) is 0 Å². The summed E-state index contributed by atoms with van der Waals surface area (Å²) in [5, 5.41) is 0. The molecule has 0 amide bonds. The van der Waals surface area contributed by atoms with Gasteiger partial charge in [-0.3, -0.25) is 4.79 Å². The maximum atomic E-state index is 11.4. The lowest BCUT2D eigenvalue weighted by Crippen LogP contribution is -2.02. The molecule has 94 valence electrons. The lowest BCUT2D eigenvalue weighted by Gasteiger charge is -2.08. The van der Waals surface area contributed by atoms with Crippen LogP contribution >= 0.6 is 0 Å². The number of hydrogen-bond acceptors (Lipinski definition) is 2. The first kappa shape index (κ1) is 11.5. The minimum Gasteiger partial charge on any atom is -0.331 e. The molecule has 3 rings (SSSR count). The van der Waals surface area contributed by atoms with Gasteiger partial charge in [0.05, 0.1) is 11.0 Å². The Hall–Kier alpha value is -1.64. The highest BCUT2D eigenvalue weighted by molar-refractivity contribution is 5.97. The molecule has 0 radical (unpaired) electrons. The second-order valence-corrected chi connectivity index (χ2v) is 5.27. The number of carbonyl (C=O) groups is 1. The van der Waals surface area contributed by atoms with Crippen LogP contribution in [0.4, 0.5) is 0 Å². The number of fused-ring (bicyclic) bond motifs is 1. The molecule has 0 bridgehead atoms. The summed E-state index contributed by atoms with van der Waals surface area (Å²) in [6.45, 7) is 1.60. The first-order chi connectivity index (χ1) is 8.66. The fraction of sp³-hybridized carbons (Fsp3) is 0.467. The zero-order valence-corrected chi connectivity index (χ0v) is 10.9. The van der Waals surface area contributed by atoms with Crippen LogP contribution in [0.15, 0.2) is 18.2 Å². The average Bonchev–Trinajstić information content (AvgIpc) is 2.97. The number of imidazole rings is 1. The Labute approximate surface area is 107 Å². The summed E-state index contributed by atoms with van der Waals surface area (Å²) < 4.78 is 2.19. The standard InChI is InChI=1S/C15H18N2O/c1-10(18)12-7-8-14-13(9-12)16-15(17(14)2)11-5-3-4-6-11/h7-9,11H,3-6H2,1-2H3. The molecular formula is C15H18N2O. The van der Waals surface area contributed by atoms with E-state index in [-0.39, 0.29) is 5.78 Å². The van der Waals surface area contributed by atoms with E-state index < -0.39 is 0 Å². The maximum absolute atomic E-state index is 11.4. The molecule has 1 aromatic carbocycles. The van der Waals surface area contributed by atoms with E-state index in [2.05, 4.69) is 11.6 Å². The first-order valence-electron chi connectivity index (χ1n) is 6.64. The molecule has 0 aliphatic heterocycles. The molecule has 1 aliphatic carbocycles.